The Labute approximate surface area is 118 Å². The van der Waals surface area contributed by atoms with Crippen LogP contribution < -0.4 is 10.6 Å². The molecule has 0 fully saturated rings. The van der Waals surface area contributed by atoms with E-state index in [0.717, 1.165) is 19.4 Å². The van der Waals surface area contributed by atoms with E-state index in [9.17, 15) is 10.1 Å². The molecule has 0 aromatic carbocycles. The van der Waals surface area contributed by atoms with Gasteiger partial charge < -0.3 is 15.4 Å². The molecule has 20 heavy (non-hydrogen) atoms. The normalized spacial score (nSPS) is 10.3. The summed E-state index contributed by atoms with van der Waals surface area (Å²) < 4.78 is 5.23. The van der Waals surface area contributed by atoms with E-state index in [0.29, 0.717) is 31.4 Å². The molecule has 7 nitrogen and oxygen atoms in total. The Bertz CT molecular complexity index is 426. The van der Waals surface area contributed by atoms with Crippen LogP contribution in [-0.4, -0.2) is 36.2 Å². The van der Waals surface area contributed by atoms with Gasteiger partial charge in [0.25, 0.3) is 5.69 Å². The maximum absolute atomic E-state index is 10.9. The van der Waals surface area contributed by atoms with Crippen LogP contribution in [0.1, 0.15) is 26.7 Å². The fourth-order valence-electron chi connectivity index (χ4n) is 1.59. The first-order valence-electron chi connectivity index (χ1n) is 6.89. The largest absolute Gasteiger partial charge is 0.382 e. The molecule has 1 rings (SSSR count). The fourth-order valence-corrected chi connectivity index (χ4v) is 1.59. The third-order valence-electron chi connectivity index (χ3n) is 2.55. The van der Waals surface area contributed by atoms with E-state index in [1.807, 2.05) is 13.8 Å². The zero-order valence-corrected chi connectivity index (χ0v) is 12.0. The van der Waals surface area contributed by atoms with Gasteiger partial charge in [0.2, 0.25) is 0 Å². The average Bonchev–Trinajstić information content (AvgIpc) is 2.44. The lowest BCUT2D eigenvalue weighted by Gasteiger charge is -2.09. The summed E-state index contributed by atoms with van der Waals surface area (Å²) in [6, 6.07) is 2.89. The number of rotatable bonds is 10. The Hall–Kier alpha value is -1.89. The monoisotopic (exact) mass is 282 g/mol. The van der Waals surface area contributed by atoms with Crippen molar-refractivity contribution in [3.8, 4) is 0 Å². The topological polar surface area (TPSA) is 89.3 Å². The van der Waals surface area contributed by atoms with Crippen molar-refractivity contribution in [2.24, 2.45) is 0 Å². The molecular weight excluding hydrogens is 260 g/mol. The molecular formula is C13H22N4O3. The number of nitrogens with zero attached hydrogens (tertiary/aromatic N) is 2. The van der Waals surface area contributed by atoms with Crippen LogP contribution in [-0.2, 0) is 4.74 Å². The van der Waals surface area contributed by atoms with E-state index in [1.165, 1.54) is 12.1 Å². The smallest absolute Gasteiger partial charge is 0.276 e. The maximum Gasteiger partial charge on any atom is 0.276 e. The lowest BCUT2D eigenvalue weighted by atomic mass is 10.3. The summed E-state index contributed by atoms with van der Waals surface area (Å²) in [5.74, 6) is 1.03. The first kappa shape index (κ1) is 16.2. The van der Waals surface area contributed by atoms with Gasteiger partial charge in [-0.05, 0) is 19.8 Å². The zero-order chi connectivity index (χ0) is 14.8. The molecule has 1 aromatic rings. The molecule has 0 aliphatic rings. The van der Waals surface area contributed by atoms with Crippen LogP contribution in [0.15, 0.2) is 12.1 Å². The van der Waals surface area contributed by atoms with E-state index in [2.05, 4.69) is 15.6 Å². The Morgan fingerprint density at radius 3 is 2.45 bits per heavy atom. The van der Waals surface area contributed by atoms with E-state index >= 15 is 0 Å². The minimum absolute atomic E-state index is 0.0333. The highest BCUT2D eigenvalue weighted by molar-refractivity contribution is 5.54. The quantitative estimate of drug-likeness (QED) is 0.389. The Morgan fingerprint density at radius 1 is 1.25 bits per heavy atom. The highest BCUT2D eigenvalue weighted by Gasteiger charge is 2.10. The number of hydrogen-bond acceptors (Lipinski definition) is 6. The van der Waals surface area contributed by atoms with Crippen molar-refractivity contribution in [3.63, 3.8) is 0 Å². The molecule has 0 unspecified atom stereocenters. The van der Waals surface area contributed by atoms with Crippen molar-refractivity contribution in [3.05, 3.63) is 22.2 Å². The molecule has 0 aliphatic carbocycles. The molecule has 112 valence electrons. The van der Waals surface area contributed by atoms with Crippen LogP contribution in [0.2, 0.25) is 0 Å². The Morgan fingerprint density at radius 2 is 1.90 bits per heavy atom. The molecule has 1 heterocycles. The molecule has 0 saturated heterocycles. The maximum atomic E-state index is 10.9. The summed E-state index contributed by atoms with van der Waals surface area (Å²) in [6.45, 7) is 6.73. The van der Waals surface area contributed by atoms with Crippen LogP contribution >= 0.6 is 0 Å². The average molecular weight is 282 g/mol. The second-order valence-electron chi connectivity index (χ2n) is 4.26. The van der Waals surface area contributed by atoms with E-state index in [4.69, 9.17) is 4.74 Å². The fraction of sp³-hybridized carbons (Fsp3) is 0.615. The molecule has 0 amide bonds. The van der Waals surface area contributed by atoms with Gasteiger partial charge in [-0.3, -0.25) is 10.1 Å². The Kier molecular flexibility index (Phi) is 7.34. The lowest BCUT2D eigenvalue weighted by Crippen LogP contribution is -2.09. The molecule has 7 heteroatoms. The van der Waals surface area contributed by atoms with Gasteiger partial charge in [0.15, 0.2) is 0 Å². The number of nitrogens with one attached hydrogen (secondary N) is 2. The summed E-state index contributed by atoms with van der Waals surface area (Å²) in [6.07, 6.45) is 1.76. The van der Waals surface area contributed by atoms with Crippen LogP contribution in [0, 0.1) is 10.1 Å². The summed E-state index contributed by atoms with van der Waals surface area (Å²) in [5.41, 5.74) is 0.0333. The van der Waals surface area contributed by atoms with Crippen molar-refractivity contribution in [1.29, 1.82) is 0 Å². The number of anilines is 2. The summed E-state index contributed by atoms with van der Waals surface area (Å²) in [7, 11) is 0. The predicted octanol–water partition coefficient (Wildman–Crippen LogP) is 2.65. The molecule has 0 bridgehead atoms. The highest BCUT2D eigenvalue weighted by atomic mass is 16.6. The number of hydrogen-bond donors (Lipinski definition) is 2. The first-order valence-corrected chi connectivity index (χ1v) is 6.89. The van der Waals surface area contributed by atoms with Crippen LogP contribution in [0.25, 0.3) is 0 Å². The van der Waals surface area contributed by atoms with Gasteiger partial charge in [-0.25, -0.2) is 4.98 Å². The SMILES string of the molecule is CCCNc1cc([N+](=O)[O-])cc(NCCCOCC)n1. The number of ether oxygens (including phenoxy) is 1. The zero-order valence-electron chi connectivity index (χ0n) is 12.0. The molecule has 0 atom stereocenters. The second-order valence-corrected chi connectivity index (χ2v) is 4.26. The number of nitro groups is 1. The van der Waals surface area contributed by atoms with Gasteiger partial charge in [-0.1, -0.05) is 6.92 Å². The first-order chi connectivity index (χ1) is 9.67. The molecule has 2 N–H and O–H groups in total. The predicted molar refractivity (Wildman–Crippen MR) is 79.3 cm³/mol. The minimum atomic E-state index is -0.413. The number of aromatic nitrogens is 1. The standard InChI is InChI=1S/C13H22N4O3/c1-3-6-14-12-9-11(17(18)19)10-13(16-12)15-7-5-8-20-4-2/h9-10H,3-8H2,1-2H3,(H2,14,15,16). The molecule has 0 saturated carbocycles. The Balaban J connectivity index is 2.63. The lowest BCUT2D eigenvalue weighted by molar-refractivity contribution is -0.384. The van der Waals surface area contributed by atoms with Crippen molar-refractivity contribution in [2.45, 2.75) is 26.7 Å². The molecule has 1 aromatic heterocycles. The van der Waals surface area contributed by atoms with Crippen LogP contribution in [0.5, 0.6) is 0 Å². The van der Waals surface area contributed by atoms with Crippen molar-refractivity contribution >= 4 is 17.3 Å². The molecule has 0 radical (unpaired) electrons. The van der Waals surface area contributed by atoms with Crippen LogP contribution in [0.4, 0.5) is 17.3 Å². The molecule has 0 aliphatic heterocycles. The van der Waals surface area contributed by atoms with Gasteiger partial charge in [0, 0.05) is 26.3 Å². The van der Waals surface area contributed by atoms with Crippen molar-refractivity contribution < 1.29 is 9.66 Å². The highest BCUT2D eigenvalue weighted by Crippen LogP contribution is 2.20. The van der Waals surface area contributed by atoms with Gasteiger partial charge in [0.1, 0.15) is 11.6 Å². The summed E-state index contributed by atoms with van der Waals surface area (Å²) in [5, 5.41) is 17.0. The van der Waals surface area contributed by atoms with Crippen molar-refractivity contribution in [2.75, 3.05) is 36.9 Å². The van der Waals surface area contributed by atoms with Gasteiger partial charge in [-0.15, -0.1) is 0 Å². The summed E-state index contributed by atoms with van der Waals surface area (Å²) >= 11 is 0. The third kappa shape index (κ3) is 5.83. The van der Waals surface area contributed by atoms with Gasteiger partial charge in [0.05, 0.1) is 17.1 Å². The van der Waals surface area contributed by atoms with Gasteiger partial charge >= 0.3 is 0 Å². The summed E-state index contributed by atoms with van der Waals surface area (Å²) in [4.78, 5) is 14.8. The van der Waals surface area contributed by atoms with Gasteiger partial charge in [-0.2, -0.15) is 0 Å². The van der Waals surface area contributed by atoms with E-state index < -0.39 is 4.92 Å². The van der Waals surface area contributed by atoms with E-state index in [-0.39, 0.29) is 5.69 Å². The van der Waals surface area contributed by atoms with Crippen molar-refractivity contribution in [1.82, 2.24) is 4.98 Å². The second kappa shape index (κ2) is 9.08. The minimum Gasteiger partial charge on any atom is -0.382 e. The van der Waals surface area contributed by atoms with Crippen LogP contribution in [0.3, 0.4) is 0 Å². The number of pyridine rings is 1. The molecule has 0 spiro atoms. The van der Waals surface area contributed by atoms with E-state index in [1.54, 1.807) is 0 Å². The third-order valence-corrected chi connectivity index (χ3v) is 2.55.